The molecule has 0 amide bonds. The van der Waals surface area contributed by atoms with Crippen molar-refractivity contribution in [2.24, 2.45) is 0 Å². The molecule has 16 heavy (non-hydrogen) atoms. The van der Waals surface area contributed by atoms with E-state index in [1.165, 1.54) is 11.6 Å². The van der Waals surface area contributed by atoms with Gasteiger partial charge in [-0.05, 0) is 56.5 Å². The number of aryl methyl sites for hydroxylation is 1. The Kier molecular flexibility index (Phi) is 5.20. The maximum atomic E-state index is 13.0. The van der Waals surface area contributed by atoms with Crippen molar-refractivity contribution in [2.45, 2.75) is 32.2 Å². The Labute approximate surface area is 97.4 Å². The van der Waals surface area contributed by atoms with Crippen molar-refractivity contribution < 1.29 is 4.39 Å². The van der Waals surface area contributed by atoms with Gasteiger partial charge in [-0.3, -0.25) is 0 Å². The monoisotopic (exact) mass is 221 g/mol. The molecule has 0 aliphatic carbocycles. The lowest BCUT2D eigenvalue weighted by atomic mass is 9.97. The number of rotatable bonds is 6. The van der Waals surface area contributed by atoms with E-state index in [2.05, 4.69) is 11.9 Å². The van der Waals surface area contributed by atoms with Gasteiger partial charge in [0.25, 0.3) is 0 Å². The quantitative estimate of drug-likeness (QED) is 0.570. The molecular weight excluding hydrogens is 201 g/mol. The molecule has 0 aliphatic rings. The van der Waals surface area contributed by atoms with E-state index in [0.29, 0.717) is 6.04 Å². The van der Waals surface area contributed by atoms with Gasteiger partial charge >= 0.3 is 0 Å². The van der Waals surface area contributed by atoms with E-state index < -0.39 is 0 Å². The maximum Gasteiger partial charge on any atom is 0.123 e. The highest BCUT2D eigenvalue weighted by Crippen LogP contribution is 2.23. The summed E-state index contributed by atoms with van der Waals surface area (Å²) in [5.41, 5.74) is 2.20. The lowest BCUT2D eigenvalue weighted by Crippen LogP contribution is -2.17. The van der Waals surface area contributed by atoms with Crippen LogP contribution in [0.5, 0.6) is 0 Å². The Morgan fingerprint density at radius 1 is 1.50 bits per heavy atom. The fourth-order valence-corrected chi connectivity index (χ4v) is 1.95. The first-order chi connectivity index (χ1) is 7.69. The van der Waals surface area contributed by atoms with Gasteiger partial charge in [0.2, 0.25) is 0 Å². The molecule has 1 aromatic rings. The predicted octanol–water partition coefficient (Wildman–Crippen LogP) is 3.75. The summed E-state index contributed by atoms with van der Waals surface area (Å²) >= 11 is 0. The summed E-state index contributed by atoms with van der Waals surface area (Å²) in [7, 11) is 1.95. The number of benzene rings is 1. The van der Waals surface area contributed by atoms with Gasteiger partial charge in [-0.25, -0.2) is 4.39 Å². The second-order valence-corrected chi connectivity index (χ2v) is 4.06. The number of allylic oxidation sites excluding steroid dienone is 1. The fourth-order valence-electron chi connectivity index (χ4n) is 1.95. The number of nitrogens with one attached hydrogen (secondary N) is 1. The molecule has 1 N–H and O–H groups in total. The van der Waals surface area contributed by atoms with Crippen LogP contribution < -0.4 is 5.32 Å². The standard InChI is InChI=1S/C14H20FN/c1-4-5-6-7-14(16-3)13-9-8-12(15)10-11(13)2/h4,8-10,14,16H,1,5-7H2,2-3H3. The summed E-state index contributed by atoms with van der Waals surface area (Å²) in [5, 5.41) is 3.28. The van der Waals surface area contributed by atoms with E-state index in [1.54, 1.807) is 6.07 Å². The summed E-state index contributed by atoms with van der Waals surface area (Å²) in [6.07, 6.45) is 5.11. The summed E-state index contributed by atoms with van der Waals surface area (Å²) in [5.74, 6) is -0.165. The van der Waals surface area contributed by atoms with Crippen molar-refractivity contribution in [3.63, 3.8) is 0 Å². The van der Waals surface area contributed by atoms with Crippen LogP contribution in [0.15, 0.2) is 30.9 Å². The minimum absolute atomic E-state index is 0.165. The number of halogens is 1. The molecule has 0 aromatic heterocycles. The van der Waals surface area contributed by atoms with Gasteiger partial charge in [-0.2, -0.15) is 0 Å². The summed E-state index contributed by atoms with van der Waals surface area (Å²) in [4.78, 5) is 0. The lowest BCUT2D eigenvalue weighted by molar-refractivity contribution is 0.526. The average molecular weight is 221 g/mol. The second-order valence-electron chi connectivity index (χ2n) is 4.06. The van der Waals surface area contributed by atoms with Crippen LogP contribution in [0.2, 0.25) is 0 Å². The van der Waals surface area contributed by atoms with Crippen LogP contribution in [0, 0.1) is 12.7 Å². The minimum Gasteiger partial charge on any atom is -0.313 e. The first-order valence-electron chi connectivity index (χ1n) is 5.73. The molecule has 88 valence electrons. The van der Waals surface area contributed by atoms with Crippen molar-refractivity contribution >= 4 is 0 Å². The van der Waals surface area contributed by atoms with Crippen molar-refractivity contribution in [1.29, 1.82) is 0 Å². The summed E-state index contributed by atoms with van der Waals surface area (Å²) in [6.45, 7) is 5.67. The molecule has 1 unspecified atom stereocenters. The normalized spacial score (nSPS) is 12.4. The molecule has 2 heteroatoms. The van der Waals surface area contributed by atoms with Crippen molar-refractivity contribution in [3.8, 4) is 0 Å². The Morgan fingerprint density at radius 2 is 2.25 bits per heavy atom. The molecule has 1 rings (SSSR count). The van der Waals surface area contributed by atoms with E-state index >= 15 is 0 Å². The van der Waals surface area contributed by atoms with Crippen LogP contribution in [0.4, 0.5) is 4.39 Å². The van der Waals surface area contributed by atoms with E-state index in [4.69, 9.17) is 0 Å². The zero-order chi connectivity index (χ0) is 12.0. The van der Waals surface area contributed by atoms with Crippen molar-refractivity contribution in [3.05, 3.63) is 47.8 Å². The number of unbranched alkanes of at least 4 members (excludes halogenated alkanes) is 1. The molecule has 0 heterocycles. The minimum atomic E-state index is -0.165. The largest absolute Gasteiger partial charge is 0.313 e. The Balaban J connectivity index is 2.74. The van der Waals surface area contributed by atoms with Gasteiger partial charge in [0.05, 0.1) is 0 Å². The van der Waals surface area contributed by atoms with Crippen molar-refractivity contribution in [2.75, 3.05) is 7.05 Å². The van der Waals surface area contributed by atoms with E-state index in [1.807, 2.05) is 26.1 Å². The Hall–Kier alpha value is -1.15. The summed E-state index contributed by atoms with van der Waals surface area (Å²) in [6, 6.07) is 5.30. The first kappa shape index (κ1) is 12.9. The molecule has 0 fully saturated rings. The third-order valence-electron chi connectivity index (χ3n) is 2.86. The molecule has 0 saturated carbocycles. The van der Waals surface area contributed by atoms with Crippen LogP contribution in [-0.4, -0.2) is 7.05 Å². The molecule has 0 saturated heterocycles. The number of hydrogen-bond donors (Lipinski definition) is 1. The van der Waals surface area contributed by atoms with Gasteiger partial charge in [-0.15, -0.1) is 6.58 Å². The molecule has 0 radical (unpaired) electrons. The molecule has 1 atom stereocenters. The highest BCUT2D eigenvalue weighted by molar-refractivity contribution is 5.29. The Morgan fingerprint density at radius 3 is 2.81 bits per heavy atom. The predicted molar refractivity (Wildman–Crippen MR) is 67.0 cm³/mol. The topological polar surface area (TPSA) is 12.0 Å². The Bertz CT molecular complexity index is 347. The molecule has 0 bridgehead atoms. The highest BCUT2D eigenvalue weighted by atomic mass is 19.1. The molecule has 0 aliphatic heterocycles. The van der Waals surface area contributed by atoms with Crippen LogP contribution in [-0.2, 0) is 0 Å². The van der Waals surface area contributed by atoms with Gasteiger partial charge in [0.1, 0.15) is 5.82 Å². The molecular formula is C14H20FN. The highest BCUT2D eigenvalue weighted by Gasteiger charge is 2.11. The molecule has 1 aromatic carbocycles. The van der Waals surface area contributed by atoms with Gasteiger partial charge < -0.3 is 5.32 Å². The smallest absolute Gasteiger partial charge is 0.123 e. The van der Waals surface area contributed by atoms with Crippen LogP contribution in [0.1, 0.15) is 36.4 Å². The number of hydrogen-bond acceptors (Lipinski definition) is 1. The van der Waals surface area contributed by atoms with Crippen LogP contribution in [0.25, 0.3) is 0 Å². The van der Waals surface area contributed by atoms with Gasteiger partial charge in [0.15, 0.2) is 0 Å². The molecule has 1 nitrogen and oxygen atoms in total. The van der Waals surface area contributed by atoms with E-state index in [9.17, 15) is 4.39 Å². The first-order valence-corrected chi connectivity index (χ1v) is 5.73. The lowest BCUT2D eigenvalue weighted by Gasteiger charge is -2.18. The van der Waals surface area contributed by atoms with E-state index in [0.717, 1.165) is 24.8 Å². The fraction of sp³-hybridized carbons (Fsp3) is 0.429. The van der Waals surface area contributed by atoms with Crippen LogP contribution >= 0.6 is 0 Å². The van der Waals surface area contributed by atoms with Crippen LogP contribution in [0.3, 0.4) is 0 Å². The van der Waals surface area contributed by atoms with Crippen molar-refractivity contribution in [1.82, 2.24) is 5.32 Å². The summed E-state index contributed by atoms with van der Waals surface area (Å²) < 4.78 is 13.0. The average Bonchev–Trinajstić information content (AvgIpc) is 2.26. The maximum absolute atomic E-state index is 13.0. The van der Waals surface area contributed by atoms with Gasteiger partial charge in [0, 0.05) is 6.04 Å². The van der Waals surface area contributed by atoms with Gasteiger partial charge in [-0.1, -0.05) is 12.1 Å². The third kappa shape index (κ3) is 3.46. The zero-order valence-electron chi connectivity index (χ0n) is 10.1. The SMILES string of the molecule is C=CCCCC(NC)c1ccc(F)cc1C. The molecule has 0 spiro atoms. The third-order valence-corrected chi connectivity index (χ3v) is 2.86. The zero-order valence-corrected chi connectivity index (χ0v) is 10.1. The second kappa shape index (κ2) is 6.44. The van der Waals surface area contributed by atoms with E-state index in [-0.39, 0.29) is 5.82 Å².